The highest BCUT2D eigenvalue weighted by atomic mass is 127. The first-order valence-corrected chi connectivity index (χ1v) is 7.47. The molecule has 0 spiro atoms. The van der Waals surface area contributed by atoms with Crippen LogP contribution in [0.1, 0.15) is 10.4 Å². The van der Waals surface area contributed by atoms with Crippen LogP contribution in [0.4, 0.5) is 5.69 Å². The van der Waals surface area contributed by atoms with Gasteiger partial charge in [0, 0.05) is 8.04 Å². The van der Waals surface area contributed by atoms with E-state index in [1.165, 1.54) is 12.1 Å². The van der Waals surface area contributed by atoms with Crippen LogP contribution in [0.25, 0.3) is 0 Å². The summed E-state index contributed by atoms with van der Waals surface area (Å²) in [6, 6.07) is 9.99. The van der Waals surface area contributed by atoms with E-state index in [0.717, 1.165) is 3.57 Å². The van der Waals surface area contributed by atoms with E-state index in [4.69, 9.17) is 11.6 Å². The molecule has 6 heteroatoms. The minimum absolute atomic E-state index is 0.0893. The highest BCUT2D eigenvalue weighted by Gasteiger charge is 2.13. The van der Waals surface area contributed by atoms with Crippen molar-refractivity contribution in [2.24, 2.45) is 0 Å². The molecule has 0 radical (unpaired) electrons. The standard InChI is InChI=1S/C13H8BrClINO2/c14-7-1-3-9(12(18)5-7)13(19)17-11-4-2-8(16)6-10(11)15/h1-6,18H,(H,17,19). The highest BCUT2D eigenvalue weighted by molar-refractivity contribution is 14.1. The van der Waals surface area contributed by atoms with Gasteiger partial charge in [0.2, 0.25) is 0 Å². The lowest BCUT2D eigenvalue weighted by atomic mass is 10.2. The van der Waals surface area contributed by atoms with Crippen LogP contribution >= 0.6 is 50.1 Å². The number of halogens is 3. The Morgan fingerprint density at radius 3 is 2.63 bits per heavy atom. The molecule has 98 valence electrons. The molecule has 2 aromatic carbocycles. The van der Waals surface area contributed by atoms with Crippen LogP contribution in [0.3, 0.4) is 0 Å². The number of hydrogen-bond acceptors (Lipinski definition) is 2. The molecule has 0 fully saturated rings. The lowest BCUT2D eigenvalue weighted by Gasteiger charge is -2.09. The Kier molecular flexibility index (Phi) is 4.70. The summed E-state index contributed by atoms with van der Waals surface area (Å²) < 4.78 is 1.68. The molecule has 0 aliphatic rings. The molecule has 0 bridgehead atoms. The first-order valence-electron chi connectivity index (χ1n) is 5.22. The molecule has 19 heavy (non-hydrogen) atoms. The minimum Gasteiger partial charge on any atom is -0.507 e. The van der Waals surface area contributed by atoms with E-state index < -0.39 is 5.91 Å². The first kappa shape index (κ1) is 14.6. The molecule has 2 rings (SSSR count). The van der Waals surface area contributed by atoms with Crippen LogP contribution < -0.4 is 5.32 Å². The summed E-state index contributed by atoms with van der Waals surface area (Å²) in [6.07, 6.45) is 0. The van der Waals surface area contributed by atoms with Crippen molar-refractivity contribution in [3.05, 3.63) is 55.0 Å². The smallest absolute Gasteiger partial charge is 0.259 e. The van der Waals surface area contributed by atoms with E-state index in [9.17, 15) is 9.90 Å². The van der Waals surface area contributed by atoms with E-state index >= 15 is 0 Å². The van der Waals surface area contributed by atoms with Crippen LogP contribution in [-0.2, 0) is 0 Å². The zero-order valence-electron chi connectivity index (χ0n) is 9.45. The average molecular weight is 452 g/mol. The van der Waals surface area contributed by atoms with E-state index in [0.29, 0.717) is 15.2 Å². The molecule has 2 aromatic rings. The monoisotopic (exact) mass is 451 g/mol. The number of benzene rings is 2. The molecule has 1 amide bonds. The molecule has 0 atom stereocenters. The van der Waals surface area contributed by atoms with Crippen LogP contribution in [-0.4, -0.2) is 11.0 Å². The molecule has 0 saturated heterocycles. The van der Waals surface area contributed by atoms with Crippen LogP contribution in [0.5, 0.6) is 5.75 Å². The lowest BCUT2D eigenvalue weighted by molar-refractivity contribution is 0.102. The number of phenols is 1. The predicted molar refractivity (Wildman–Crippen MR) is 87.9 cm³/mol. The van der Waals surface area contributed by atoms with Gasteiger partial charge in [-0.3, -0.25) is 4.79 Å². The van der Waals surface area contributed by atoms with Gasteiger partial charge in [0.15, 0.2) is 0 Å². The number of aromatic hydroxyl groups is 1. The van der Waals surface area contributed by atoms with Crippen LogP contribution in [0.15, 0.2) is 40.9 Å². The van der Waals surface area contributed by atoms with Crippen molar-refractivity contribution in [2.45, 2.75) is 0 Å². The molecule has 2 N–H and O–H groups in total. The van der Waals surface area contributed by atoms with Gasteiger partial charge in [0.05, 0.1) is 16.3 Å². The van der Waals surface area contributed by atoms with Crippen molar-refractivity contribution in [1.82, 2.24) is 0 Å². The second-order valence-electron chi connectivity index (χ2n) is 3.74. The van der Waals surface area contributed by atoms with E-state index in [2.05, 4.69) is 43.8 Å². The second kappa shape index (κ2) is 6.11. The average Bonchev–Trinajstić information content (AvgIpc) is 2.32. The van der Waals surface area contributed by atoms with E-state index in [1.54, 1.807) is 18.2 Å². The first-order chi connectivity index (χ1) is 8.97. The Bertz CT molecular complexity index is 649. The number of carbonyl (C=O) groups is 1. The molecule has 0 heterocycles. The molecule has 0 saturated carbocycles. The minimum atomic E-state index is -0.409. The summed E-state index contributed by atoms with van der Waals surface area (Å²) in [7, 11) is 0. The molecule has 0 aromatic heterocycles. The Balaban J connectivity index is 2.25. The molecule has 0 aliphatic heterocycles. The maximum Gasteiger partial charge on any atom is 0.259 e. The Labute approximate surface area is 137 Å². The number of rotatable bonds is 2. The fourth-order valence-corrected chi connectivity index (χ4v) is 2.73. The van der Waals surface area contributed by atoms with E-state index in [1.807, 2.05) is 6.07 Å². The Morgan fingerprint density at radius 1 is 1.26 bits per heavy atom. The quantitative estimate of drug-likeness (QED) is 0.651. The summed E-state index contributed by atoms with van der Waals surface area (Å²) in [4.78, 5) is 12.0. The van der Waals surface area contributed by atoms with Crippen molar-refractivity contribution >= 4 is 61.7 Å². The summed E-state index contributed by atoms with van der Waals surface area (Å²) >= 11 is 11.4. The van der Waals surface area contributed by atoms with Crippen molar-refractivity contribution in [2.75, 3.05) is 5.32 Å². The number of nitrogens with one attached hydrogen (secondary N) is 1. The third-order valence-corrected chi connectivity index (χ3v) is 3.86. The van der Waals surface area contributed by atoms with Crippen molar-refractivity contribution < 1.29 is 9.90 Å². The molecule has 3 nitrogen and oxygen atoms in total. The Morgan fingerprint density at radius 2 is 2.00 bits per heavy atom. The summed E-state index contributed by atoms with van der Waals surface area (Å²) in [5.74, 6) is -0.499. The van der Waals surface area contributed by atoms with Gasteiger partial charge in [-0.25, -0.2) is 0 Å². The maximum atomic E-state index is 12.0. The lowest BCUT2D eigenvalue weighted by Crippen LogP contribution is -2.12. The maximum absolute atomic E-state index is 12.0. The van der Waals surface area contributed by atoms with E-state index in [-0.39, 0.29) is 11.3 Å². The van der Waals surface area contributed by atoms with Gasteiger partial charge in [-0.05, 0) is 59.0 Å². The number of phenolic OH excluding ortho intramolecular Hbond substituents is 1. The predicted octanol–water partition coefficient (Wildman–Crippen LogP) is 4.67. The zero-order valence-corrected chi connectivity index (χ0v) is 14.0. The summed E-state index contributed by atoms with van der Waals surface area (Å²) in [5, 5.41) is 12.8. The number of hydrogen-bond donors (Lipinski definition) is 2. The van der Waals surface area contributed by atoms with Gasteiger partial charge in [0.1, 0.15) is 5.75 Å². The largest absolute Gasteiger partial charge is 0.507 e. The second-order valence-corrected chi connectivity index (χ2v) is 6.31. The van der Waals surface area contributed by atoms with Crippen molar-refractivity contribution in [3.63, 3.8) is 0 Å². The highest BCUT2D eigenvalue weighted by Crippen LogP contribution is 2.27. The van der Waals surface area contributed by atoms with Crippen molar-refractivity contribution in [3.8, 4) is 5.75 Å². The van der Waals surface area contributed by atoms with Gasteiger partial charge in [-0.15, -0.1) is 0 Å². The number of carbonyl (C=O) groups excluding carboxylic acids is 1. The molecular formula is C13H8BrClINO2. The van der Waals surface area contributed by atoms with Gasteiger partial charge < -0.3 is 10.4 Å². The SMILES string of the molecule is O=C(Nc1ccc(I)cc1Cl)c1ccc(Br)cc1O. The number of anilines is 1. The normalized spacial score (nSPS) is 10.3. The fraction of sp³-hybridized carbons (Fsp3) is 0. The summed E-state index contributed by atoms with van der Waals surface area (Å²) in [5.41, 5.74) is 0.701. The number of amides is 1. The van der Waals surface area contributed by atoms with Gasteiger partial charge in [0.25, 0.3) is 5.91 Å². The topological polar surface area (TPSA) is 49.3 Å². The molecule has 0 unspecified atom stereocenters. The van der Waals surface area contributed by atoms with Crippen molar-refractivity contribution in [1.29, 1.82) is 0 Å². The van der Waals surface area contributed by atoms with Gasteiger partial charge in [-0.1, -0.05) is 27.5 Å². The third kappa shape index (κ3) is 3.61. The van der Waals surface area contributed by atoms with Gasteiger partial charge in [-0.2, -0.15) is 0 Å². The van der Waals surface area contributed by atoms with Crippen LogP contribution in [0, 0.1) is 3.57 Å². The molecular weight excluding hydrogens is 444 g/mol. The molecule has 0 aliphatic carbocycles. The zero-order chi connectivity index (χ0) is 14.0. The van der Waals surface area contributed by atoms with Crippen LogP contribution in [0.2, 0.25) is 5.02 Å². The Hall–Kier alpha value is -0.790. The third-order valence-electron chi connectivity index (χ3n) is 2.38. The fourth-order valence-electron chi connectivity index (χ4n) is 1.48. The van der Waals surface area contributed by atoms with Gasteiger partial charge >= 0.3 is 0 Å². The summed E-state index contributed by atoms with van der Waals surface area (Å²) in [6.45, 7) is 0.